The number of benzene rings is 3. The minimum atomic E-state index is -5.52. The average Bonchev–Trinajstić information content (AvgIpc) is 2.91. The number of rotatable bonds is 11. The Morgan fingerprint density at radius 3 is 1.53 bits per heavy atom. The zero-order chi connectivity index (χ0) is 34.9. The lowest BCUT2D eigenvalue weighted by Gasteiger charge is -2.33. The molecule has 0 spiro atoms. The second-order valence-electron chi connectivity index (χ2n) is 10.5. The Kier molecular flexibility index (Phi) is 10.2. The highest BCUT2D eigenvalue weighted by Gasteiger charge is 2.46. The molecule has 0 radical (unpaired) electrons. The Morgan fingerprint density at radius 1 is 0.638 bits per heavy atom. The Morgan fingerprint density at radius 2 is 1.11 bits per heavy atom. The maximum absolute atomic E-state index is 14.8. The summed E-state index contributed by atoms with van der Waals surface area (Å²) in [6, 6.07) is 1.17. The Balaban J connectivity index is 1.45. The van der Waals surface area contributed by atoms with Crippen LogP contribution in [0, 0.1) is 29.2 Å². The van der Waals surface area contributed by atoms with Crippen LogP contribution in [-0.4, -0.2) is 18.8 Å². The van der Waals surface area contributed by atoms with Gasteiger partial charge in [-0.15, -0.1) is 0 Å². The highest BCUT2D eigenvalue weighted by Crippen LogP contribution is 2.41. The summed E-state index contributed by atoms with van der Waals surface area (Å²) >= 11 is 0. The summed E-state index contributed by atoms with van der Waals surface area (Å²) in [4.78, 5) is 0. The minimum absolute atomic E-state index is 0.0143. The molecule has 0 bridgehead atoms. The molecule has 258 valence electrons. The van der Waals surface area contributed by atoms with Crippen molar-refractivity contribution in [1.29, 1.82) is 0 Å². The Hall–Kier alpha value is -3.89. The van der Waals surface area contributed by atoms with Gasteiger partial charge in [0, 0.05) is 24.3 Å². The fourth-order valence-electron chi connectivity index (χ4n) is 4.81. The van der Waals surface area contributed by atoms with Gasteiger partial charge in [-0.25, -0.2) is 17.6 Å². The molecule has 4 rings (SSSR count). The zero-order valence-electron chi connectivity index (χ0n) is 23.9. The van der Waals surface area contributed by atoms with Gasteiger partial charge in [-0.1, -0.05) is 13.3 Å². The summed E-state index contributed by atoms with van der Waals surface area (Å²) < 4.78 is 201. The molecule has 0 saturated carbocycles. The number of ether oxygens (including phenoxy) is 4. The van der Waals surface area contributed by atoms with Crippen LogP contribution in [0.25, 0.3) is 0 Å². The first-order valence-corrected chi connectivity index (χ1v) is 13.7. The Labute approximate surface area is 258 Å². The molecule has 0 aromatic heterocycles. The van der Waals surface area contributed by atoms with Gasteiger partial charge in [0.1, 0.15) is 57.2 Å². The van der Waals surface area contributed by atoms with Gasteiger partial charge in [0.05, 0.1) is 6.61 Å². The van der Waals surface area contributed by atoms with Crippen LogP contribution in [-0.2, 0) is 23.1 Å². The van der Waals surface area contributed by atoms with E-state index in [0.29, 0.717) is 24.6 Å². The fraction of sp³-hybridized carbons (Fsp3) is 0.400. The van der Waals surface area contributed by atoms with Gasteiger partial charge in [0.25, 0.3) is 0 Å². The third kappa shape index (κ3) is 8.34. The zero-order valence-corrected chi connectivity index (χ0v) is 23.9. The van der Waals surface area contributed by atoms with Crippen LogP contribution in [0.15, 0.2) is 48.5 Å². The summed E-state index contributed by atoms with van der Waals surface area (Å²) in [5.41, 5.74) is -5.65. The van der Waals surface area contributed by atoms with E-state index >= 15 is 0 Å². The number of hydrogen-bond acceptors (Lipinski definition) is 4. The van der Waals surface area contributed by atoms with Crippen LogP contribution < -0.4 is 14.2 Å². The molecule has 17 heteroatoms. The molecule has 1 saturated heterocycles. The minimum Gasteiger partial charge on any atom is -0.431 e. The SMILES string of the molecule is CCCC1CCC(C(F)(F)Oc2ccc(C(F)(F)Oc3ccc(C(F)(F)Oc4cc(F)c(C(F)(F)F)c(F)c4)c(F)c3)c(F)c2)OC1. The number of halogens is 13. The molecule has 2 atom stereocenters. The molecule has 1 aliphatic heterocycles. The molecule has 0 amide bonds. The van der Waals surface area contributed by atoms with E-state index in [1.165, 1.54) is 0 Å². The summed E-state index contributed by atoms with van der Waals surface area (Å²) in [6.07, 6.45) is -18.6. The van der Waals surface area contributed by atoms with Crippen LogP contribution in [0.5, 0.6) is 17.2 Å². The first-order valence-electron chi connectivity index (χ1n) is 13.7. The molecular weight excluding hydrogens is 671 g/mol. The van der Waals surface area contributed by atoms with Crippen LogP contribution in [0.3, 0.4) is 0 Å². The summed E-state index contributed by atoms with van der Waals surface area (Å²) in [6.45, 7) is 1.98. The molecule has 1 heterocycles. The lowest BCUT2D eigenvalue weighted by Crippen LogP contribution is -2.44. The van der Waals surface area contributed by atoms with Crippen molar-refractivity contribution in [2.24, 2.45) is 5.92 Å². The van der Waals surface area contributed by atoms with Crippen LogP contribution in [0.2, 0.25) is 0 Å². The first-order chi connectivity index (χ1) is 21.7. The summed E-state index contributed by atoms with van der Waals surface area (Å²) in [5.74, 6) is -11.8. The van der Waals surface area contributed by atoms with Crippen molar-refractivity contribution in [3.63, 3.8) is 0 Å². The van der Waals surface area contributed by atoms with Crippen molar-refractivity contribution in [1.82, 2.24) is 0 Å². The van der Waals surface area contributed by atoms with E-state index in [1.54, 1.807) is 0 Å². The van der Waals surface area contributed by atoms with Crippen molar-refractivity contribution < 1.29 is 76.0 Å². The quantitative estimate of drug-likeness (QED) is 0.187. The average molecular weight is 694 g/mol. The standard InChI is InChI=1S/C30H23F13O4/c1-2-3-15-4-9-25(44-14-15)30(42,43)46-17-6-8-19(22(32)11-17)28(38,39)45-16-5-7-20(21(31)10-16)29(40,41)47-18-12-23(33)26(24(34)13-18)27(35,36)37/h5-8,10-13,15,25H,2-4,9,14H2,1H3. The predicted molar refractivity (Wildman–Crippen MR) is 136 cm³/mol. The smallest absolute Gasteiger partial charge is 0.429 e. The van der Waals surface area contributed by atoms with Crippen LogP contribution in [0.4, 0.5) is 57.1 Å². The van der Waals surface area contributed by atoms with E-state index in [9.17, 15) is 57.1 Å². The maximum atomic E-state index is 14.8. The predicted octanol–water partition coefficient (Wildman–Crippen LogP) is 10.1. The van der Waals surface area contributed by atoms with Gasteiger partial charge >= 0.3 is 24.5 Å². The van der Waals surface area contributed by atoms with Gasteiger partial charge < -0.3 is 18.9 Å². The van der Waals surface area contributed by atoms with Gasteiger partial charge in [-0.05, 0) is 49.4 Å². The molecule has 3 aromatic rings. The highest BCUT2D eigenvalue weighted by atomic mass is 19.4. The van der Waals surface area contributed by atoms with Crippen LogP contribution >= 0.6 is 0 Å². The lowest BCUT2D eigenvalue weighted by molar-refractivity contribution is -0.265. The van der Waals surface area contributed by atoms with Crippen molar-refractivity contribution in [2.75, 3.05) is 6.61 Å². The lowest BCUT2D eigenvalue weighted by atomic mass is 9.94. The summed E-state index contributed by atoms with van der Waals surface area (Å²) in [7, 11) is 0. The molecule has 3 aromatic carbocycles. The van der Waals surface area contributed by atoms with Gasteiger partial charge in [0.15, 0.2) is 6.10 Å². The first kappa shape index (κ1) is 36.0. The number of hydrogen-bond donors (Lipinski definition) is 0. The largest absolute Gasteiger partial charge is 0.431 e. The molecule has 2 unspecified atom stereocenters. The number of alkyl halides is 9. The normalized spacial score (nSPS) is 17.8. The van der Waals surface area contributed by atoms with Crippen molar-refractivity contribution >= 4 is 0 Å². The van der Waals surface area contributed by atoms with E-state index in [0.717, 1.165) is 12.8 Å². The third-order valence-electron chi connectivity index (χ3n) is 7.00. The van der Waals surface area contributed by atoms with E-state index in [1.807, 2.05) is 6.92 Å². The van der Waals surface area contributed by atoms with Gasteiger partial charge in [0.2, 0.25) is 0 Å². The molecule has 1 fully saturated rings. The molecule has 47 heavy (non-hydrogen) atoms. The molecular formula is C30H23F13O4. The monoisotopic (exact) mass is 694 g/mol. The van der Waals surface area contributed by atoms with E-state index in [4.69, 9.17) is 4.74 Å². The van der Waals surface area contributed by atoms with E-state index < -0.39 is 87.8 Å². The Bertz CT molecular complexity index is 1540. The van der Waals surface area contributed by atoms with E-state index in [2.05, 4.69) is 14.2 Å². The summed E-state index contributed by atoms with van der Waals surface area (Å²) in [5, 5.41) is 0. The molecule has 1 aliphatic rings. The van der Waals surface area contributed by atoms with Gasteiger partial charge in [-0.3, -0.25) is 0 Å². The van der Waals surface area contributed by atoms with E-state index in [-0.39, 0.29) is 49.3 Å². The molecule has 4 nitrogen and oxygen atoms in total. The molecule has 0 N–H and O–H groups in total. The second-order valence-corrected chi connectivity index (χ2v) is 10.5. The molecule has 0 aliphatic carbocycles. The van der Waals surface area contributed by atoms with Crippen molar-refractivity contribution in [3.05, 3.63) is 88.5 Å². The highest BCUT2D eigenvalue weighted by molar-refractivity contribution is 5.36. The van der Waals surface area contributed by atoms with Crippen molar-refractivity contribution in [3.8, 4) is 17.2 Å². The fourth-order valence-corrected chi connectivity index (χ4v) is 4.81. The maximum Gasteiger partial charge on any atom is 0.429 e. The second kappa shape index (κ2) is 13.3. The van der Waals surface area contributed by atoms with Gasteiger partial charge in [-0.2, -0.15) is 39.5 Å². The topological polar surface area (TPSA) is 36.9 Å². The van der Waals surface area contributed by atoms with Crippen LogP contribution in [0.1, 0.15) is 49.3 Å². The van der Waals surface area contributed by atoms with Crippen molar-refractivity contribution in [2.45, 2.75) is 63.2 Å². The third-order valence-corrected chi connectivity index (χ3v) is 7.00.